The van der Waals surface area contributed by atoms with E-state index < -0.39 is 0 Å². The number of benzene rings is 1. The molecule has 7 heteroatoms. The highest BCUT2D eigenvalue weighted by Gasteiger charge is 2.53. The van der Waals surface area contributed by atoms with Crippen LogP contribution in [0.2, 0.25) is 0 Å². The molecule has 3 aromatic rings. The van der Waals surface area contributed by atoms with Crippen molar-refractivity contribution in [2.45, 2.75) is 19.4 Å². The Morgan fingerprint density at radius 1 is 1.24 bits per heavy atom. The van der Waals surface area contributed by atoms with Gasteiger partial charge in [-0.3, -0.25) is 14.8 Å². The predicted octanol–water partition coefficient (Wildman–Crippen LogP) is 3.07. The Labute approximate surface area is 174 Å². The fraction of sp³-hybridized carbons (Fsp3) is 0.409. The van der Waals surface area contributed by atoms with Crippen LogP contribution in [0.3, 0.4) is 0 Å². The molecule has 2 aliphatic heterocycles. The van der Waals surface area contributed by atoms with Crippen molar-refractivity contribution in [2.24, 2.45) is 11.3 Å². The first-order valence-corrected chi connectivity index (χ1v) is 11.0. The van der Waals surface area contributed by atoms with Gasteiger partial charge in [0.1, 0.15) is 5.01 Å². The number of aromatic nitrogens is 3. The lowest BCUT2D eigenvalue weighted by atomic mass is 9.76. The molecule has 4 heterocycles. The van der Waals surface area contributed by atoms with E-state index in [1.165, 1.54) is 10.6 Å². The van der Waals surface area contributed by atoms with E-state index in [4.69, 9.17) is 0 Å². The first kappa shape index (κ1) is 18.5. The fourth-order valence-corrected chi connectivity index (χ4v) is 5.69. The summed E-state index contributed by atoms with van der Waals surface area (Å²) in [5.41, 5.74) is 2.17. The van der Waals surface area contributed by atoms with Gasteiger partial charge in [-0.1, -0.05) is 30.3 Å². The van der Waals surface area contributed by atoms with E-state index in [2.05, 4.69) is 50.4 Å². The third-order valence-corrected chi connectivity index (χ3v) is 7.22. The number of carbonyl (C=O) groups excluding carboxylic acids is 1. The number of nitrogens with one attached hydrogen (secondary N) is 1. The average Bonchev–Trinajstić information content (AvgIpc) is 3.51. The number of carbonyl (C=O) groups is 1. The Bertz CT molecular complexity index is 943. The van der Waals surface area contributed by atoms with Crippen molar-refractivity contribution >= 4 is 17.2 Å². The van der Waals surface area contributed by atoms with Crippen LogP contribution in [-0.4, -0.2) is 57.1 Å². The molecule has 2 aromatic heterocycles. The lowest BCUT2D eigenvalue weighted by molar-refractivity contribution is 0.0755. The number of aromatic amines is 1. The Morgan fingerprint density at radius 2 is 2.14 bits per heavy atom. The number of hydrogen-bond donors (Lipinski definition) is 1. The zero-order chi connectivity index (χ0) is 19.7. The van der Waals surface area contributed by atoms with E-state index in [9.17, 15) is 4.79 Å². The number of likely N-dealkylation sites (tertiary alicyclic amines) is 2. The van der Waals surface area contributed by atoms with Crippen LogP contribution in [0.4, 0.5) is 0 Å². The van der Waals surface area contributed by atoms with E-state index in [0.29, 0.717) is 11.5 Å². The van der Waals surface area contributed by atoms with Crippen molar-refractivity contribution in [1.29, 1.82) is 0 Å². The summed E-state index contributed by atoms with van der Waals surface area (Å²) in [7, 11) is 0. The fourth-order valence-electron chi connectivity index (χ4n) is 5.03. The van der Waals surface area contributed by atoms with Crippen molar-refractivity contribution in [1.82, 2.24) is 25.0 Å². The number of fused-ring (bicyclic) bond motifs is 1. The van der Waals surface area contributed by atoms with Gasteiger partial charge in [-0.2, -0.15) is 5.10 Å². The van der Waals surface area contributed by atoms with Gasteiger partial charge in [-0.25, -0.2) is 4.98 Å². The number of amides is 1. The van der Waals surface area contributed by atoms with E-state index in [-0.39, 0.29) is 11.3 Å². The van der Waals surface area contributed by atoms with Crippen LogP contribution < -0.4 is 0 Å². The SMILES string of the molecule is O=C(c1cn[nH]c1)N1CC2CN(Cc3nccs3)CC2(CCc2ccccc2)C1. The molecule has 150 valence electrons. The van der Waals surface area contributed by atoms with Gasteiger partial charge in [-0.05, 0) is 24.3 Å². The standard InChI is InChI=1S/C22H25N5OS/c28-21(18-10-24-25-11-18)27-13-19-12-26(14-20-23-8-9-29-20)15-22(19,16-27)7-6-17-4-2-1-3-5-17/h1-5,8-11,19H,6-7,12-16H2,(H,24,25). The van der Waals surface area contributed by atoms with Crippen LogP contribution >= 0.6 is 11.3 Å². The van der Waals surface area contributed by atoms with Crippen molar-refractivity contribution in [3.8, 4) is 0 Å². The first-order chi connectivity index (χ1) is 14.2. The third-order valence-electron chi connectivity index (χ3n) is 6.46. The summed E-state index contributed by atoms with van der Waals surface area (Å²) in [4.78, 5) is 22.0. The second-order valence-electron chi connectivity index (χ2n) is 8.31. The van der Waals surface area contributed by atoms with Crippen LogP contribution in [-0.2, 0) is 13.0 Å². The summed E-state index contributed by atoms with van der Waals surface area (Å²) in [5, 5.41) is 9.93. The second-order valence-corrected chi connectivity index (χ2v) is 9.29. The maximum atomic E-state index is 12.9. The minimum atomic E-state index is 0.0960. The smallest absolute Gasteiger partial charge is 0.257 e. The number of nitrogens with zero attached hydrogens (tertiary/aromatic N) is 4. The zero-order valence-corrected chi connectivity index (χ0v) is 17.1. The average molecular weight is 408 g/mol. The molecule has 2 unspecified atom stereocenters. The van der Waals surface area contributed by atoms with Crippen LogP contribution in [0.5, 0.6) is 0 Å². The molecule has 0 spiro atoms. The normalized spacial score (nSPS) is 24.1. The van der Waals surface area contributed by atoms with Crippen LogP contribution in [0.1, 0.15) is 27.3 Å². The van der Waals surface area contributed by atoms with Crippen molar-refractivity contribution in [3.05, 3.63) is 70.4 Å². The van der Waals surface area contributed by atoms with Gasteiger partial charge in [0.25, 0.3) is 5.91 Å². The number of rotatable bonds is 6. The Hall–Kier alpha value is -2.51. The summed E-state index contributed by atoms with van der Waals surface area (Å²) < 4.78 is 0. The van der Waals surface area contributed by atoms with E-state index in [1.54, 1.807) is 23.7 Å². The molecule has 2 aliphatic rings. The minimum absolute atomic E-state index is 0.0960. The van der Waals surface area contributed by atoms with E-state index in [0.717, 1.165) is 45.6 Å². The molecule has 0 bridgehead atoms. The van der Waals surface area contributed by atoms with Gasteiger partial charge in [-0.15, -0.1) is 11.3 Å². The Balaban J connectivity index is 1.34. The van der Waals surface area contributed by atoms with Gasteiger partial charge < -0.3 is 4.90 Å². The molecular weight excluding hydrogens is 382 g/mol. The summed E-state index contributed by atoms with van der Waals surface area (Å²) in [6.45, 7) is 4.62. The van der Waals surface area contributed by atoms with Crippen LogP contribution in [0.25, 0.3) is 0 Å². The third kappa shape index (κ3) is 3.72. The largest absolute Gasteiger partial charge is 0.338 e. The highest BCUT2D eigenvalue weighted by Crippen LogP contribution is 2.46. The number of aryl methyl sites for hydroxylation is 1. The zero-order valence-electron chi connectivity index (χ0n) is 16.3. The van der Waals surface area contributed by atoms with Gasteiger partial charge in [0.15, 0.2) is 0 Å². The highest BCUT2D eigenvalue weighted by atomic mass is 32.1. The Kier molecular flexibility index (Phi) is 4.93. The molecule has 2 fully saturated rings. The van der Waals surface area contributed by atoms with Crippen LogP contribution in [0, 0.1) is 11.3 Å². The number of thiazole rings is 1. The quantitative estimate of drug-likeness (QED) is 0.682. The first-order valence-electron chi connectivity index (χ1n) is 10.1. The molecule has 0 aliphatic carbocycles. The van der Waals surface area contributed by atoms with E-state index in [1.807, 2.05) is 16.5 Å². The number of hydrogen-bond acceptors (Lipinski definition) is 5. The maximum absolute atomic E-state index is 12.9. The summed E-state index contributed by atoms with van der Waals surface area (Å²) in [5.74, 6) is 0.598. The monoisotopic (exact) mass is 407 g/mol. The molecule has 1 aromatic carbocycles. The molecule has 0 saturated carbocycles. The summed E-state index contributed by atoms with van der Waals surface area (Å²) in [6, 6.07) is 10.7. The minimum Gasteiger partial charge on any atom is -0.338 e. The van der Waals surface area contributed by atoms with Crippen molar-refractivity contribution < 1.29 is 4.79 Å². The maximum Gasteiger partial charge on any atom is 0.257 e. The molecule has 5 rings (SSSR count). The van der Waals surface area contributed by atoms with Gasteiger partial charge in [0.05, 0.1) is 18.3 Å². The number of H-pyrrole nitrogens is 1. The Morgan fingerprint density at radius 3 is 2.90 bits per heavy atom. The van der Waals surface area contributed by atoms with Gasteiger partial charge in [0.2, 0.25) is 0 Å². The molecule has 1 amide bonds. The van der Waals surface area contributed by atoms with Crippen molar-refractivity contribution in [2.75, 3.05) is 26.2 Å². The van der Waals surface area contributed by atoms with Gasteiger partial charge in [0, 0.05) is 49.4 Å². The topological polar surface area (TPSA) is 65.1 Å². The lowest BCUT2D eigenvalue weighted by Crippen LogP contribution is -2.37. The summed E-state index contributed by atoms with van der Waals surface area (Å²) >= 11 is 1.72. The molecule has 6 nitrogen and oxygen atoms in total. The molecule has 0 radical (unpaired) electrons. The van der Waals surface area contributed by atoms with E-state index >= 15 is 0 Å². The molecule has 1 N–H and O–H groups in total. The van der Waals surface area contributed by atoms with Crippen LogP contribution in [0.15, 0.2) is 54.3 Å². The van der Waals surface area contributed by atoms with Crippen molar-refractivity contribution in [3.63, 3.8) is 0 Å². The molecule has 29 heavy (non-hydrogen) atoms. The summed E-state index contributed by atoms with van der Waals surface area (Å²) in [6.07, 6.45) is 7.36. The molecule has 2 saturated heterocycles. The van der Waals surface area contributed by atoms with Gasteiger partial charge >= 0.3 is 0 Å². The highest BCUT2D eigenvalue weighted by molar-refractivity contribution is 7.09. The predicted molar refractivity (Wildman–Crippen MR) is 113 cm³/mol. The lowest BCUT2D eigenvalue weighted by Gasteiger charge is -2.29. The second kappa shape index (κ2) is 7.72. The molecule has 2 atom stereocenters. The molecular formula is C22H25N5OS.